The SMILES string of the molecule is Cc1ccc([C@H](C(=O)NC2CCC(O)CC2)N(C)C)cc1. The van der Waals surface area contributed by atoms with Gasteiger partial charge in [-0.3, -0.25) is 9.69 Å². The Morgan fingerprint density at radius 3 is 2.29 bits per heavy atom. The molecule has 4 heteroatoms. The normalized spacial score (nSPS) is 23.9. The second kappa shape index (κ2) is 7.05. The van der Waals surface area contributed by atoms with E-state index in [-0.39, 0.29) is 24.1 Å². The number of hydrogen-bond acceptors (Lipinski definition) is 3. The number of rotatable bonds is 4. The van der Waals surface area contributed by atoms with Crippen LogP contribution in [0.5, 0.6) is 0 Å². The van der Waals surface area contributed by atoms with Gasteiger partial charge in [0.15, 0.2) is 0 Å². The smallest absolute Gasteiger partial charge is 0.242 e. The van der Waals surface area contributed by atoms with E-state index in [1.54, 1.807) is 0 Å². The van der Waals surface area contributed by atoms with E-state index < -0.39 is 0 Å². The predicted octanol–water partition coefficient (Wildman–Crippen LogP) is 2.02. The minimum Gasteiger partial charge on any atom is -0.393 e. The molecule has 0 heterocycles. The zero-order valence-corrected chi connectivity index (χ0v) is 13.2. The molecule has 1 aromatic rings. The number of aryl methyl sites for hydroxylation is 1. The zero-order valence-electron chi connectivity index (χ0n) is 13.2. The fourth-order valence-electron chi connectivity index (χ4n) is 2.93. The molecule has 0 bridgehead atoms. The van der Waals surface area contributed by atoms with E-state index in [0.717, 1.165) is 31.2 Å². The molecule has 1 fully saturated rings. The molecule has 4 nitrogen and oxygen atoms in total. The molecule has 0 spiro atoms. The van der Waals surface area contributed by atoms with Crippen molar-refractivity contribution in [3.05, 3.63) is 35.4 Å². The summed E-state index contributed by atoms with van der Waals surface area (Å²) in [6.07, 6.45) is 3.09. The molecule has 2 rings (SSSR count). The molecule has 1 amide bonds. The van der Waals surface area contributed by atoms with Crippen molar-refractivity contribution >= 4 is 5.91 Å². The van der Waals surface area contributed by atoms with Gasteiger partial charge in [0.1, 0.15) is 6.04 Å². The Hall–Kier alpha value is -1.39. The Labute approximate surface area is 127 Å². The first-order valence-corrected chi connectivity index (χ1v) is 7.69. The second-order valence-electron chi connectivity index (χ2n) is 6.29. The molecule has 1 saturated carbocycles. The fourth-order valence-corrected chi connectivity index (χ4v) is 2.93. The van der Waals surface area contributed by atoms with Crippen LogP contribution in [-0.2, 0) is 4.79 Å². The van der Waals surface area contributed by atoms with Crippen molar-refractivity contribution in [2.24, 2.45) is 0 Å². The molecule has 1 aromatic carbocycles. The van der Waals surface area contributed by atoms with Gasteiger partial charge in [0, 0.05) is 6.04 Å². The highest BCUT2D eigenvalue weighted by Gasteiger charge is 2.27. The Morgan fingerprint density at radius 1 is 1.19 bits per heavy atom. The van der Waals surface area contributed by atoms with Gasteiger partial charge in [0.05, 0.1) is 6.10 Å². The summed E-state index contributed by atoms with van der Waals surface area (Å²) < 4.78 is 0. The lowest BCUT2D eigenvalue weighted by molar-refractivity contribution is -0.126. The van der Waals surface area contributed by atoms with Crippen LogP contribution in [0.1, 0.15) is 42.9 Å². The van der Waals surface area contributed by atoms with E-state index in [2.05, 4.69) is 5.32 Å². The molecule has 0 saturated heterocycles. The van der Waals surface area contributed by atoms with E-state index in [0.29, 0.717) is 0 Å². The third-order valence-corrected chi connectivity index (χ3v) is 4.20. The van der Waals surface area contributed by atoms with E-state index in [4.69, 9.17) is 0 Å². The summed E-state index contributed by atoms with van der Waals surface area (Å²) in [6.45, 7) is 2.04. The van der Waals surface area contributed by atoms with Crippen molar-refractivity contribution in [2.75, 3.05) is 14.1 Å². The average molecular weight is 290 g/mol. The van der Waals surface area contributed by atoms with E-state index in [1.165, 1.54) is 5.56 Å². The summed E-state index contributed by atoms with van der Waals surface area (Å²) in [4.78, 5) is 14.5. The van der Waals surface area contributed by atoms with Crippen molar-refractivity contribution in [2.45, 2.75) is 50.8 Å². The van der Waals surface area contributed by atoms with Crippen LogP contribution in [0.2, 0.25) is 0 Å². The van der Waals surface area contributed by atoms with Crippen molar-refractivity contribution in [3.8, 4) is 0 Å². The predicted molar refractivity (Wildman–Crippen MR) is 84.0 cm³/mol. The molecule has 0 radical (unpaired) electrons. The van der Waals surface area contributed by atoms with Crippen molar-refractivity contribution in [3.63, 3.8) is 0 Å². The largest absolute Gasteiger partial charge is 0.393 e. The number of benzene rings is 1. The summed E-state index contributed by atoms with van der Waals surface area (Å²) in [7, 11) is 3.85. The fraction of sp³-hybridized carbons (Fsp3) is 0.588. The molecular weight excluding hydrogens is 264 g/mol. The molecule has 116 valence electrons. The molecule has 0 aliphatic heterocycles. The highest BCUT2D eigenvalue weighted by molar-refractivity contribution is 5.83. The minimum atomic E-state index is -0.266. The van der Waals surface area contributed by atoms with Crippen LogP contribution in [-0.4, -0.2) is 42.2 Å². The van der Waals surface area contributed by atoms with Crippen LogP contribution in [0.25, 0.3) is 0 Å². The lowest BCUT2D eigenvalue weighted by Gasteiger charge is -2.30. The van der Waals surface area contributed by atoms with Gasteiger partial charge in [-0.15, -0.1) is 0 Å². The Kier molecular flexibility index (Phi) is 5.37. The van der Waals surface area contributed by atoms with Crippen LogP contribution in [0, 0.1) is 6.92 Å². The highest BCUT2D eigenvalue weighted by atomic mass is 16.3. The van der Waals surface area contributed by atoms with Gasteiger partial charge in [-0.1, -0.05) is 29.8 Å². The van der Waals surface area contributed by atoms with Crippen molar-refractivity contribution < 1.29 is 9.90 Å². The number of nitrogens with one attached hydrogen (secondary N) is 1. The average Bonchev–Trinajstić information content (AvgIpc) is 2.43. The van der Waals surface area contributed by atoms with Crippen molar-refractivity contribution in [1.29, 1.82) is 0 Å². The number of aliphatic hydroxyl groups is 1. The van der Waals surface area contributed by atoms with Gasteiger partial charge in [-0.2, -0.15) is 0 Å². The zero-order chi connectivity index (χ0) is 15.4. The Bertz CT molecular complexity index is 462. The number of nitrogens with zero attached hydrogens (tertiary/aromatic N) is 1. The van der Waals surface area contributed by atoms with Gasteiger partial charge < -0.3 is 10.4 Å². The topological polar surface area (TPSA) is 52.6 Å². The van der Waals surface area contributed by atoms with Gasteiger partial charge >= 0.3 is 0 Å². The van der Waals surface area contributed by atoms with E-state index >= 15 is 0 Å². The summed E-state index contributed by atoms with van der Waals surface area (Å²) in [5.74, 6) is 0.0465. The third kappa shape index (κ3) is 4.29. The molecule has 1 aliphatic rings. The number of aliphatic hydroxyl groups excluding tert-OH is 1. The molecule has 21 heavy (non-hydrogen) atoms. The molecular formula is C17H26N2O2. The summed E-state index contributed by atoms with van der Waals surface area (Å²) >= 11 is 0. The van der Waals surface area contributed by atoms with Crippen LogP contribution in [0.3, 0.4) is 0 Å². The van der Waals surface area contributed by atoms with Crippen LogP contribution < -0.4 is 5.32 Å². The maximum atomic E-state index is 12.6. The summed E-state index contributed by atoms with van der Waals surface area (Å²) in [6, 6.07) is 8.03. The number of carbonyl (C=O) groups is 1. The Morgan fingerprint density at radius 2 is 1.76 bits per heavy atom. The quantitative estimate of drug-likeness (QED) is 0.892. The van der Waals surface area contributed by atoms with Gasteiger partial charge in [-0.05, 0) is 52.3 Å². The number of carbonyl (C=O) groups excluding carboxylic acids is 1. The number of likely N-dealkylation sites (N-methyl/N-ethyl adjacent to an activating group) is 1. The maximum Gasteiger partial charge on any atom is 0.242 e. The van der Waals surface area contributed by atoms with Gasteiger partial charge in [0.25, 0.3) is 0 Å². The number of amides is 1. The van der Waals surface area contributed by atoms with Crippen molar-refractivity contribution in [1.82, 2.24) is 10.2 Å². The monoisotopic (exact) mass is 290 g/mol. The number of hydrogen-bond donors (Lipinski definition) is 2. The molecule has 0 aromatic heterocycles. The summed E-state index contributed by atoms with van der Waals surface area (Å²) in [5.41, 5.74) is 2.21. The standard InChI is InChI=1S/C17H26N2O2/c1-12-4-6-13(7-5-12)16(19(2)3)17(21)18-14-8-10-15(20)11-9-14/h4-7,14-16,20H,8-11H2,1-3H3,(H,18,21)/t14?,15?,16-/m1/s1. The highest BCUT2D eigenvalue weighted by Crippen LogP contribution is 2.22. The summed E-state index contributed by atoms with van der Waals surface area (Å²) in [5, 5.41) is 12.7. The molecule has 1 aliphatic carbocycles. The third-order valence-electron chi connectivity index (χ3n) is 4.20. The second-order valence-corrected chi connectivity index (χ2v) is 6.29. The lowest BCUT2D eigenvalue weighted by Crippen LogP contribution is -2.44. The lowest BCUT2D eigenvalue weighted by atomic mass is 9.92. The Balaban J connectivity index is 2.04. The first-order chi connectivity index (χ1) is 9.97. The van der Waals surface area contributed by atoms with Gasteiger partial charge in [0.2, 0.25) is 5.91 Å². The molecule has 1 atom stereocenters. The van der Waals surface area contributed by atoms with E-state index in [9.17, 15) is 9.90 Å². The van der Waals surface area contributed by atoms with Gasteiger partial charge in [-0.25, -0.2) is 0 Å². The molecule has 2 N–H and O–H groups in total. The first-order valence-electron chi connectivity index (χ1n) is 7.69. The maximum absolute atomic E-state index is 12.6. The minimum absolute atomic E-state index is 0.0465. The van der Waals surface area contributed by atoms with Crippen LogP contribution in [0.15, 0.2) is 24.3 Å². The molecule has 0 unspecified atom stereocenters. The van der Waals surface area contributed by atoms with Crippen LogP contribution >= 0.6 is 0 Å². The van der Waals surface area contributed by atoms with Crippen LogP contribution in [0.4, 0.5) is 0 Å². The van der Waals surface area contributed by atoms with E-state index in [1.807, 2.05) is 50.2 Å². The first kappa shape index (κ1) is 16.0.